The molecular weight excluding hydrogens is 316 g/mol. The summed E-state index contributed by atoms with van der Waals surface area (Å²) in [7, 11) is 0. The van der Waals surface area contributed by atoms with E-state index in [0.29, 0.717) is 30.7 Å². The maximum absolute atomic E-state index is 6.00. The Balaban J connectivity index is 2.02. The third-order valence-electron chi connectivity index (χ3n) is 3.67. The lowest BCUT2D eigenvalue weighted by Gasteiger charge is -2.19. The van der Waals surface area contributed by atoms with Gasteiger partial charge in [-0.05, 0) is 56.7 Å². The summed E-state index contributed by atoms with van der Waals surface area (Å²) in [6.07, 6.45) is 1.71. The second-order valence-electron chi connectivity index (χ2n) is 5.36. The van der Waals surface area contributed by atoms with Gasteiger partial charge in [-0.2, -0.15) is 0 Å². The van der Waals surface area contributed by atoms with E-state index in [1.807, 2.05) is 48.2 Å². The zero-order chi connectivity index (χ0) is 18.1. The number of nitrogens with zero attached hydrogens (tertiary/aromatic N) is 3. The first kappa shape index (κ1) is 18.6. The summed E-state index contributed by atoms with van der Waals surface area (Å²) in [5, 5.41) is 0. The van der Waals surface area contributed by atoms with Crippen LogP contribution in [-0.2, 0) is 6.54 Å². The van der Waals surface area contributed by atoms with Crippen molar-refractivity contribution in [2.75, 3.05) is 19.7 Å². The van der Waals surface area contributed by atoms with Crippen molar-refractivity contribution in [2.45, 2.75) is 27.3 Å². The molecule has 2 N–H and O–H groups in total. The molecule has 0 fully saturated rings. The standard InChI is InChI=1S/C19H26N4O2/c1-4-23(5-2)19(20)22-14-15-11-12-21-18(13-15)25-17-9-7-16(8-10-17)24-6-3/h7-13H,4-6,14H2,1-3H3,(H2,20,22). The van der Waals surface area contributed by atoms with Crippen LogP contribution in [0.1, 0.15) is 26.3 Å². The molecule has 2 aromatic rings. The predicted octanol–water partition coefficient (Wildman–Crippen LogP) is 3.43. The molecule has 0 aliphatic rings. The predicted molar refractivity (Wildman–Crippen MR) is 100 cm³/mol. The highest BCUT2D eigenvalue weighted by atomic mass is 16.5. The average molecular weight is 342 g/mol. The second kappa shape index (κ2) is 9.52. The molecule has 0 saturated heterocycles. The summed E-state index contributed by atoms with van der Waals surface area (Å²) < 4.78 is 11.2. The minimum atomic E-state index is 0.491. The van der Waals surface area contributed by atoms with Crippen molar-refractivity contribution in [2.24, 2.45) is 10.7 Å². The molecule has 0 aliphatic carbocycles. The number of aromatic nitrogens is 1. The third kappa shape index (κ3) is 5.67. The van der Waals surface area contributed by atoms with E-state index in [4.69, 9.17) is 15.2 Å². The molecule has 0 atom stereocenters. The molecule has 6 heteroatoms. The summed E-state index contributed by atoms with van der Waals surface area (Å²) in [6.45, 7) is 8.88. The van der Waals surface area contributed by atoms with Crippen LogP contribution in [0.3, 0.4) is 0 Å². The molecule has 2 rings (SSSR count). The highest BCUT2D eigenvalue weighted by Gasteiger charge is 2.04. The van der Waals surface area contributed by atoms with Crippen LogP contribution < -0.4 is 15.2 Å². The first-order valence-corrected chi connectivity index (χ1v) is 8.56. The summed E-state index contributed by atoms with van der Waals surface area (Å²) in [5.41, 5.74) is 7.00. The molecule has 134 valence electrons. The van der Waals surface area contributed by atoms with Gasteiger partial charge in [0.2, 0.25) is 5.88 Å². The minimum Gasteiger partial charge on any atom is -0.494 e. The van der Waals surface area contributed by atoms with E-state index in [0.717, 1.165) is 24.4 Å². The minimum absolute atomic E-state index is 0.491. The number of guanidine groups is 1. The van der Waals surface area contributed by atoms with Gasteiger partial charge in [0.1, 0.15) is 11.5 Å². The Bertz CT molecular complexity index is 682. The normalized spacial score (nSPS) is 11.2. The molecule has 0 amide bonds. The summed E-state index contributed by atoms with van der Waals surface area (Å²) in [6, 6.07) is 11.2. The van der Waals surface area contributed by atoms with Crippen LogP contribution in [0.25, 0.3) is 0 Å². The number of hydrogen-bond acceptors (Lipinski definition) is 4. The van der Waals surface area contributed by atoms with Crippen LogP contribution in [0.2, 0.25) is 0 Å². The van der Waals surface area contributed by atoms with E-state index < -0.39 is 0 Å². The van der Waals surface area contributed by atoms with Crippen molar-refractivity contribution < 1.29 is 9.47 Å². The highest BCUT2D eigenvalue weighted by molar-refractivity contribution is 5.78. The number of aliphatic imine (C=N–C) groups is 1. The first-order valence-electron chi connectivity index (χ1n) is 8.56. The summed E-state index contributed by atoms with van der Waals surface area (Å²) in [4.78, 5) is 10.7. The largest absolute Gasteiger partial charge is 0.494 e. The number of hydrogen-bond donors (Lipinski definition) is 1. The molecule has 1 aromatic heterocycles. The molecule has 1 aromatic carbocycles. The highest BCUT2D eigenvalue weighted by Crippen LogP contribution is 2.23. The Morgan fingerprint density at radius 3 is 2.40 bits per heavy atom. The van der Waals surface area contributed by atoms with Gasteiger partial charge >= 0.3 is 0 Å². The van der Waals surface area contributed by atoms with Gasteiger partial charge in [0, 0.05) is 25.4 Å². The number of rotatable bonds is 8. The zero-order valence-corrected chi connectivity index (χ0v) is 15.1. The van der Waals surface area contributed by atoms with E-state index in [1.54, 1.807) is 6.20 Å². The third-order valence-corrected chi connectivity index (χ3v) is 3.67. The Labute approximate surface area is 149 Å². The van der Waals surface area contributed by atoms with Gasteiger partial charge in [0.15, 0.2) is 5.96 Å². The summed E-state index contributed by atoms with van der Waals surface area (Å²) in [5.74, 6) is 2.60. The fourth-order valence-corrected chi connectivity index (χ4v) is 2.32. The summed E-state index contributed by atoms with van der Waals surface area (Å²) >= 11 is 0. The van der Waals surface area contributed by atoms with Crippen LogP contribution in [0.5, 0.6) is 17.4 Å². The van der Waals surface area contributed by atoms with E-state index in [-0.39, 0.29) is 0 Å². The first-order chi connectivity index (χ1) is 12.2. The monoisotopic (exact) mass is 342 g/mol. The smallest absolute Gasteiger partial charge is 0.219 e. The van der Waals surface area contributed by atoms with Crippen molar-refractivity contribution >= 4 is 5.96 Å². The van der Waals surface area contributed by atoms with Gasteiger partial charge < -0.3 is 20.1 Å². The molecule has 0 aliphatic heterocycles. The van der Waals surface area contributed by atoms with Crippen LogP contribution in [0, 0.1) is 0 Å². The van der Waals surface area contributed by atoms with E-state index in [1.165, 1.54) is 0 Å². The maximum Gasteiger partial charge on any atom is 0.219 e. The number of nitrogens with two attached hydrogens (primary N) is 1. The van der Waals surface area contributed by atoms with Crippen molar-refractivity contribution in [3.8, 4) is 17.4 Å². The molecule has 6 nitrogen and oxygen atoms in total. The lowest BCUT2D eigenvalue weighted by atomic mass is 10.2. The number of pyridine rings is 1. The van der Waals surface area contributed by atoms with Gasteiger partial charge in [-0.25, -0.2) is 9.98 Å². The van der Waals surface area contributed by atoms with Crippen LogP contribution in [0.15, 0.2) is 47.6 Å². The van der Waals surface area contributed by atoms with Gasteiger partial charge in [0.05, 0.1) is 13.2 Å². The molecule has 0 unspecified atom stereocenters. The van der Waals surface area contributed by atoms with Gasteiger partial charge in [-0.3, -0.25) is 0 Å². The maximum atomic E-state index is 6.00. The van der Waals surface area contributed by atoms with E-state index in [2.05, 4.69) is 23.8 Å². The van der Waals surface area contributed by atoms with Crippen molar-refractivity contribution in [3.05, 3.63) is 48.2 Å². The quantitative estimate of drug-likeness (QED) is 0.588. The molecule has 0 radical (unpaired) electrons. The fourth-order valence-electron chi connectivity index (χ4n) is 2.32. The van der Waals surface area contributed by atoms with Crippen LogP contribution in [-0.4, -0.2) is 35.5 Å². The van der Waals surface area contributed by atoms with Gasteiger partial charge in [-0.1, -0.05) is 0 Å². The molecule has 0 bridgehead atoms. The Kier molecular flexibility index (Phi) is 7.07. The van der Waals surface area contributed by atoms with Crippen LogP contribution >= 0.6 is 0 Å². The Morgan fingerprint density at radius 1 is 1.08 bits per heavy atom. The molecule has 25 heavy (non-hydrogen) atoms. The van der Waals surface area contributed by atoms with Crippen molar-refractivity contribution in [3.63, 3.8) is 0 Å². The zero-order valence-electron chi connectivity index (χ0n) is 15.1. The average Bonchev–Trinajstić information content (AvgIpc) is 2.63. The van der Waals surface area contributed by atoms with Gasteiger partial charge in [0.25, 0.3) is 0 Å². The van der Waals surface area contributed by atoms with Gasteiger partial charge in [-0.15, -0.1) is 0 Å². The Hall–Kier alpha value is -2.76. The van der Waals surface area contributed by atoms with Crippen molar-refractivity contribution in [1.82, 2.24) is 9.88 Å². The van der Waals surface area contributed by atoms with Crippen LogP contribution in [0.4, 0.5) is 0 Å². The molecule has 0 spiro atoms. The van der Waals surface area contributed by atoms with E-state index >= 15 is 0 Å². The van der Waals surface area contributed by atoms with Crippen molar-refractivity contribution in [1.29, 1.82) is 0 Å². The topological polar surface area (TPSA) is 73.0 Å². The molecule has 0 saturated carbocycles. The lowest BCUT2D eigenvalue weighted by Crippen LogP contribution is -2.37. The lowest BCUT2D eigenvalue weighted by molar-refractivity contribution is 0.339. The number of benzene rings is 1. The Morgan fingerprint density at radius 2 is 1.76 bits per heavy atom. The second-order valence-corrected chi connectivity index (χ2v) is 5.36. The molecular formula is C19H26N4O2. The van der Waals surface area contributed by atoms with E-state index in [9.17, 15) is 0 Å². The fraction of sp³-hybridized carbons (Fsp3) is 0.368. The molecule has 1 heterocycles. The number of ether oxygens (including phenoxy) is 2. The SMILES string of the molecule is CCOc1ccc(Oc2cc(CN=C(N)N(CC)CC)ccn2)cc1.